The quantitative estimate of drug-likeness (QED) is 0.634. The van der Waals surface area contributed by atoms with Crippen molar-refractivity contribution in [3.05, 3.63) is 62.1 Å². The van der Waals surface area contributed by atoms with Crippen molar-refractivity contribution < 1.29 is 9.18 Å². The topological polar surface area (TPSA) is 72.9 Å². The van der Waals surface area contributed by atoms with Crippen LogP contribution in [0.1, 0.15) is 28.2 Å². The molecule has 5 nitrogen and oxygen atoms in total. The summed E-state index contributed by atoms with van der Waals surface area (Å²) in [5, 5.41) is 7.37. The van der Waals surface area contributed by atoms with Gasteiger partial charge in [-0.2, -0.15) is 5.10 Å². The molecule has 0 radical (unpaired) electrons. The molecule has 1 aromatic carbocycles. The van der Waals surface area contributed by atoms with Gasteiger partial charge in [0.1, 0.15) is 10.2 Å². The van der Waals surface area contributed by atoms with Gasteiger partial charge in [0.25, 0.3) is 5.91 Å². The molecule has 0 aliphatic rings. The third-order valence-corrected chi connectivity index (χ3v) is 5.82. The van der Waals surface area contributed by atoms with Gasteiger partial charge in [-0.05, 0) is 30.7 Å². The maximum atomic E-state index is 13.4. The Morgan fingerprint density at radius 1 is 1.37 bits per heavy atom. The lowest BCUT2D eigenvalue weighted by molar-refractivity contribution is 0.0939. The summed E-state index contributed by atoms with van der Waals surface area (Å²) < 4.78 is 15.4. The first kappa shape index (κ1) is 19.8. The van der Waals surface area contributed by atoms with Gasteiger partial charge in [0.2, 0.25) is 0 Å². The predicted octanol–water partition coefficient (Wildman–Crippen LogP) is 4.41. The van der Waals surface area contributed by atoms with Gasteiger partial charge >= 0.3 is 0 Å². The lowest BCUT2D eigenvalue weighted by Crippen LogP contribution is -2.40. The third-order valence-electron chi connectivity index (χ3n) is 4.19. The van der Waals surface area contributed by atoms with Gasteiger partial charge in [0.05, 0.1) is 21.8 Å². The molecule has 0 aliphatic carbocycles. The molecule has 0 saturated carbocycles. The van der Waals surface area contributed by atoms with Crippen LogP contribution < -0.4 is 11.1 Å². The molecule has 3 aromatic rings. The van der Waals surface area contributed by atoms with E-state index in [9.17, 15) is 9.18 Å². The van der Waals surface area contributed by atoms with Gasteiger partial charge in [0, 0.05) is 24.7 Å². The molecule has 0 bridgehead atoms. The molecule has 3 rings (SSSR count). The zero-order chi connectivity index (χ0) is 19.7. The Kier molecular flexibility index (Phi) is 5.86. The number of amides is 1. The standard InChI is InChI=1S/C18H17Cl2FN4OS/c1-9(15(22)10-4-3-5-11(21)6-10)24-18(26)14-7-12(17(20)27-14)16-13(19)8-23-25(16)2/h3-9,15H,22H2,1-2H3,(H,24,26)/t9?,15-/m0/s1. The number of carbonyl (C=O) groups excluding carboxylic acids is 1. The number of aryl methyl sites for hydroxylation is 1. The van der Waals surface area contributed by atoms with E-state index in [1.54, 1.807) is 36.9 Å². The Bertz CT molecular complexity index is 968. The van der Waals surface area contributed by atoms with Crippen LogP contribution in [0.3, 0.4) is 0 Å². The Balaban J connectivity index is 1.78. The fourth-order valence-electron chi connectivity index (χ4n) is 2.73. The molecular weight excluding hydrogens is 410 g/mol. The van der Waals surface area contributed by atoms with Crippen molar-refractivity contribution in [2.75, 3.05) is 0 Å². The van der Waals surface area contributed by atoms with E-state index in [2.05, 4.69) is 10.4 Å². The second-order valence-corrected chi connectivity index (χ2v) is 8.17. The molecule has 0 saturated heterocycles. The summed E-state index contributed by atoms with van der Waals surface area (Å²) in [6, 6.07) is 6.72. The lowest BCUT2D eigenvalue weighted by Gasteiger charge is -2.21. The smallest absolute Gasteiger partial charge is 0.261 e. The van der Waals surface area contributed by atoms with Crippen molar-refractivity contribution in [3.8, 4) is 11.3 Å². The number of halogens is 3. The first-order chi connectivity index (χ1) is 12.8. The first-order valence-corrected chi connectivity index (χ1v) is 9.64. The SMILES string of the molecule is CC(NC(=O)c1cc(-c2c(Cl)cnn2C)c(Cl)s1)[C@H](N)c1cccc(F)c1. The third kappa shape index (κ3) is 4.16. The summed E-state index contributed by atoms with van der Waals surface area (Å²) >= 11 is 13.6. The van der Waals surface area contributed by atoms with E-state index < -0.39 is 12.1 Å². The minimum absolute atomic E-state index is 0.314. The number of hydrogen-bond acceptors (Lipinski definition) is 4. The van der Waals surface area contributed by atoms with Crippen molar-refractivity contribution in [2.24, 2.45) is 12.8 Å². The van der Waals surface area contributed by atoms with Crippen molar-refractivity contribution >= 4 is 40.4 Å². The summed E-state index contributed by atoms with van der Waals surface area (Å²) in [6.45, 7) is 1.77. The van der Waals surface area contributed by atoms with Crippen LogP contribution in [-0.4, -0.2) is 21.7 Å². The Hall–Kier alpha value is -1.93. The number of nitrogens with zero attached hydrogens (tertiary/aromatic N) is 2. The minimum atomic E-state index is -0.550. The molecule has 0 spiro atoms. The van der Waals surface area contributed by atoms with Gasteiger partial charge in [-0.3, -0.25) is 9.48 Å². The molecule has 3 N–H and O–H groups in total. The molecule has 142 valence electrons. The first-order valence-electron chi connectivity index (χ1n) is 8.07. The van der Waals surface area contributed by atoms with Gasteiger partial charge in [0.15, 0.2) is 0 Å². The highest BCUT2D eigenvalue weighted by molar-refractivity contribution is 7.18. The highest BCUT2D eigenvalue weighted by atomic mass is 35.5. The van der Waals surface area contributed by atoms with Crippen LogP contribution in [0.4, 0.5) is 4.39 Å². The lowest BCUT2D eigenvalue weighted by atomic mass is 10.0. The van der Waals surface area contributed by atoms with E-state index in [-0.39, 0.29) is 11.7 Å². The zero-order valence-corrected chi connectivity index (χ0v) is 16.9. The molecule has 2 atom stereocenters. The average Bonchev–Trinajstić information content (AvgIpc) is 3.16. The van der Waals surface area contributed by atoms with Gasteiger partial charge in [-0.15, -0.1) is 11.3 Å². The summed E-state index contributed by atoms with van der Waals surface area (Å²) in [7, 11) is 1.75. The Morgan fingerprint density at radius 2 is 2.11 bits per heavy atom. The van der Waals surface area contributed by atoms with E-state index in [1.807, 2.05) is 0 Å². The van der Waals surface area contributed by atoms with E-state index in [0.717, 1.165) is 11.3 Å². The molecule has 0 aliphatic heterocycles. The summed E-state index contributed by atoms with van der Waals surface area (Å²) in [6.07, 6.45) is 1.52. The number of aromatic nitrogens is 2. The van der Waals surface area contributed by atoms with E-state index >= 15 is 0 Å². The molecule has 1 unspecified atom stereocenters. The van der Waals surface area contributed by atoms with Crippen LogP contribution in [-0.2, 0) is 7.05 Å². The van der Waals surface area contributed by atoms with Crippen molar-refractivity contribution in [3.63, 3.8) is 0 Å². The van der Waals surface area contributed by atoms with Crippen LogP contribution in [0.2, 0.25) is 9.36 Å². The van der Waals surface area contributed by atoms with Crippen LogP contribution in [0.5, 0.6) is 0 Å². The number of nitrogens with one attached hydrogen (secondary N) is 1. The second kappa shape index (κ2) is 7.98. The number of carbonyl (C=O) groups is 1. The van der Waals surface area contributed by atoms with Crippen molar-refractivity contribution in [1.82, 2.24) is 15.1 Å². The maximum absolute atomic E-state index is 13.4. The Labute approximate surface area is 169 Å². The van der Waals surface area contributed by atoms with Gasteiger partial charge < -0.3 is 11.1 Å². The highest BCUT2D eigenvalue weighted by Gasteiger charge is 2.22. The number of nitrogens with two attached hydrogens (primary N) is 1. The highest BCUT2D eigenvalue weighted by Crippen LogP contribution is 2.38. The predicted molar refractivity (Wildman–Crippen MR) is 107 cm³/mol. The monoisotopic (exact) mass is 426 g/mol. The van der Waals surface area contributed by atoms with Crippen molar-refractivity contribution in [2.45, 2.75) is 19.0 Å². The average molecular weight is 427 g/mol. The summed E-state index contributed by atoms with van der Waals surface area (Å²) in [4.78, 5) is 13.0. The van der Waals surface area contributed by atoms with Crippen LogP contribution >= 0.6 is 34.5 Å². The number of rotatable bonds is 5. The van der Waals surface area contributed by atoms with Crippen molar-refractivity contribution in [1.29, 1.82) is 0 Å². The minimum Gasteiger partial charge on any atom is -0.347 e. The van der Waals surface area contributed by atoms with Crippen LogP contribution in [0.15, 0.2) is 36.5 Å². The van der Waals surface area contributed by atoms with Gasteiger partial charge in [-0.1, -0.05) is 35.3 Å². The summed E-state index contributed by atoms with van der Waals surface area (Å²) in [5.41, 5.74) is 8.04. The molecule has 2 aromatic heterocycles. The molecule has 2 heterocycles. The molecule has 9 heteroatoms. The summed E-state index contributed by atoms with van der Waals surface area (Å²) in [5.74, 6) is -0.685. The molecule has 27 heavy (non-hydrogen) atoms. The number of benzene rings is 1. The van der Waals surface area contributed by atoms with Gasteiger partial charge in [-0.25, -0.2) is 4.39 Å². The zero-order valence-electron chi connectivity index (χ0n) is 14.5. The van der Waals surface area contributed by atoms with E-state index in [0.29, 0.717) is 31.1 Å². The molecule has 1 amide bonds. The largest absolute Gasteiger partial charge is 0.347 e. The fraction of sp³-hybridized carbons (Fsp3) is 0.222. The molecular formula is C18H17Cl2FN4OS. The van der Waals surface area contributed by atoms with E-state index in [1.165, 1.54) is 18.3 Å². The molecule has 0 fully saturated rings. The fourth-order valence-corrected chi connectivity index (χ4v) is 4.17. The Morgan fingerprint density at radius 3 is 2.74 bits per heavy atom. The second-order valence-electron chi connectivity index (χ2n) is 6.11. The number of hydrogen-bond donors (Lipinski definition) is 2. The normalized spacial score (nSPS) is 13.4. The number of thiophene rings is 1. The van der Waals surface area contributed by atoms with Crippen LogP contribution in [0.25, 0.3) is 11.3 Å². The van der Waals surface area contributed by atoms with E-state index in [4.69, 9.17) is 28.9 Å². The maximum Gasteiger partial charge on any atom is 0.261 e. The van der Waals surface area contributed by atoms with Crippen LogP contribution in [0, 0.1) is 5.82 Å².